The number of carbonyl (C=O) groups excluding carboxylic acids is 1. The van der Waals surface area contributed by atoms with Crippen LogP contribution in [0.25, 0.3) is 0 Å². The predicted octanol–water partition coefficient (Wildman–Crippen LogP) is 2.60. The molecule has 1 saturated carbocycles. The lowest BCUT2D eigenvalue weighted by Gasteiger charge is -2.28. The zero-order chi connectivity index (χ0) is 14.4. The van der Waals surface area contributed by atoms with Gasteiger partial charge in [0.1, 0.15) is 0 Å². The molecule has 2 rings (SSSR count). The first-order valence-corrected chi connectivity index (χ1v) is 6.92. The number of carboxylic acid groups (broad SMARTS) is 1. The first-order valence-electron chi connectivity index (χ1n) is 6.92. The second-order valence-electron chi connectivity index (χ2n) is 5.06. The van der Waals surface area contributed by atoms with Crippen molar-refractivity contribution in [2.75, 3.05) is 0 Å². The highest BCUT2D eigenvalue weighted by Gasteiger charge is 2.25. The van der Waals surface area contributed by atoms with Crippen molar-refractivity contribution in [3.63, 3.8) is 0 Å². The highest BCUT2D eigenvalue weighted by Crippen LogP contribution is 2.25. The molecule has 0 bridgehead atoms. The summed E-state index contributed by atoms with van der Waals surface area (Å²) in [4.78, 5) is 24.6. The molecule has 0 spiro atoms. The van der Waals surface area contributed by atoms with E-state index in [-0.39, 0.29) is 11.9 Å². The molecule has 0 radical (unpaired) electrons. The Hall–Kier alpha value is -2.10. The number of carboxylic acids is 1. The number of carbonyl (C=O) groups is 2. The number of hydrogen-bond acceptors (Lipinski definition) is 2. The average molecular weight is 273 g/mol. The van der Waals surface area contributed by atoms with Crippen molar-refractivity contribution >= 4 is 11.9 Å². The molecular weight excluding hydrogens is 254 g/mol. The first kappa shape index (κ1) is 14.3. The van der Waals surface area contributed by atoms with Gasteiger partial charge in [-0.2, -0.15) is 0 Å². The largest absolute Gasteiger partial charge is 0.478 e. The SMILES string of the molecule is O=C(O)/C=C/C(=O)N(Cc1ccccc1)C1CCCC1. The molecule has 1 aromatic rings. The summed E-state index contributed by atoms with van der Waals surface area (Å²) in [6.45, 7) is 0.536. The minimum atomic E-state index is -1.09. The molecule has 1 aliphatic carbocycles. The van der Waals surface area contributed by atoms with Crippen LogP contribution in [0, 0.1) is 0 Å². The summed E-state index contributed by atoms with van der Waals surface area (Å²) >= 11 is 0. The van der Waals surface area contributed by atoms with Gasteiger partial charge in [-0.25, -0.2) is 4.79 Å². The highest BCUT2D eigenvalue weighted by molar-refractivity contribution is 5.94. The van der Waals surface area contributed by atoms with E-state index in [0.717, 1.165) is 43.4 Å². The van der Waals surface area contributed by atoms with Crippen molar-refractivity contribution in [3.05, 3.63) is 48.0 Å². The smallest absolute Gasteiger partial charge is 0.328 e. The van der Waals surface area contributed by atoms with Crippen molar-refractivity contribution < 1.29 is 14.7 Å². The summed E-state index contributed by atoms with van der Waals surface area (Å²) in [7, 11) is 0. The maximum absolute atomic E-state index is 12.2. The molecule has 1 aliphatic rings. The van der Waals surface area contributed by atoms with Gasteiger partial charge in [-0.3, -0.25) is 4.79 Å². The Morgan fingerprint density at radius 3 is 2.40 bits per heavy atom. The summed E-state index contributed by atoms with van der Waals surface area (Å²) in [5.41, 5.74) is 1.07. The molecule has 4 nitrogen and oxygen atoms in total. The third-order valence-corrected chi connectivity index (χ3v) is 3.61. The standard InChI is InChI=1S/C16H19NO3/c18-15(10-11-16(19)20)17(14-8-4-5-9-14)12-13-6-2-1-3-7-13/h1-3,6-7,10-11,14H,4-5,8-9,12H2,(H,19,20)/b11-10+. The van der Waals surface area contributed by atoms with E-state index < -0.39 is 5.97 Å². The van der Waals surface area contributed by atoms with Gasteiger partial charge < -0.3 is 10.0 Å². The Morgan fingerprint density at radius 1 is 1.15 bits per heavy atom. The number of benzene rings is 1. The molecular formula is C16H19NO3. The lowest BCUT2D eigenvalue weighted by atomic mass is 10.1. The Bertz CT molecular complexity index is 490. The summed E-state index contributed by atoms with van der Waals surface area (Å²) in [6.07, 6.45) is 6.33. The predicted molar refractivity (Wildman–Crippen MR) is 76.0 cm³/mol. The fourth-order valence-corrected chi connectivity index (χ4v) is 2.62. The van der Waals surface area contributed by atoms with E-state index in [0.29, 0.717) is 6.54 Å². The lowest BCUT2D eigenvalue weighted by molar-refractivity contribution is -0.133. The number of hydrogen-bond donors (Lipinski definition) is 1. The van der Waals surface area contributed by atoms with Crippen LogP contribution in [0.5, 0.6) is 0 Å². The van der Waals surface area contributed by atoms with Gasteiger partial charge in [-0.05, 0) is 18.4 Å². The van der Waals surface area contributed by atoms with Gasteiger partial charge in [0.05, 0.1) is 0 Å². The quantitative estimate of drug-likeness (QED) is 0.839. The molecule has 20 heavy (non-hydrogen) atoms. The molecule has 0 unspecified atom stereocenters. The number of nitrogens with zero attached hydrogens (tertiary/aromatic N) is 1. The Morgan fingerprint density at radius 2 is 1.80 bits per heavy atom. The van der Waals surface area contributed by atoms with E-state index in [1.165, 1.54) is 0 Å². The third kappa shape index (κ3) is 3.95. The van der Waals surface area contributed by atoms with E-state index in [9.17, 15) is 9.59 Å². The molecule has 1 aromatic carbocycles. The molecule has 0 atom stereocenters. The average Bonchev–Trinajstić information content (AvgIpc) is 2.97. The molecule has 0 aliphatic heterocycles. The molecule has 106 valence electrons. The second-order valence-corrected chi connectivity index (χ2v) is 5.06. The monoisotopic (exact) mass is 273 g/mol. The molecule has 1 N–H and O–H groups in total. The van der Waals surface area contributed by atoms with Crippen molar-refractivity contribution in [2.45, 2.75) is 38.3 Å². The van der Waals surface area contributed by atoms with E-state index in [4.69, 9.17) is 5.11 Å². The molecule has 0 saturated heterocycles. The van der Waals surface area contributed by atoms with E-state index in [1.807, 2.05) is 30.3 Å². The molecule has 0 heterocycles. The van der Waals surface area contributed by atoms with Gasteiger partial charge in [-0.15, -0.1) is 0 Å². The topological polar surface area (TPSA) is 57.6 Å². The minimum absolute atomic E-state index is 0.219. The zero-order valence-corrected chi connectivity index (χ0v) is 11.4. The normalized spacial score (nSPS) is 15.6. The van der Waals surface area contributed by atoms with Gasteiger partial charge in [0.15, 0.2) is 0 Å². The van der Waals surface area contributed by atoms with Gasteiger partial charge in [-0.1, -0.05) is 43.2 Å². The summed E-state index contributed by atoms with van der Waals surface area (Å²) in [5.74, 6) is -1.31. The molecule has 0 aromatic heterocycles. The van der Waals surface area contributed by atoms with Crippen molar-refractivity contribution in [3.8, 4) is 0 Å². The summed E-state index contributed by atoms with van der Waals surface area (Å²) in [6, 6.07) is 10.0. The Balaban J connectivity index is 2.12. The fourth-order valence-electron chi connectivity index (χ4n) is 2.62. The number of amides is 1. The highest BCUT2D eigenvalue weighted by atomic mass is 16.4. The van der Waals surface area contributed by atoms with Gasteiger partial charge in [0.25, 0.3) is 0 Å². The summed E-state index contributed by atoms with van der Waals surface area (Å²) in [5, 5.41) is 8.64. The van der Waals surface area contributed by atoms with Gasteiger partial charge >= 0.3 is 5.97 Å². The van der Waals surface area contributed by atoms with Crippen molar-refractivity contribution in [2.24, 2.45) is 0 Å². The third-order valence-electron chi connectivity index (χ3n) is 3.61. The van der Waals surface area contributed by atoms with Crippen LogP contribution in [-0.2, 0) is 16.1 Å². The fraction of sp³-hybridized carbons (Fsp3) is 0.375. The van der Waals surface area contributed by atoms with E-state index in [1.54, 1.807) is 4.90 Å². The van der Waals surface area contributed by atoms with Crippen LogP contribution in [0.3, 0.4) is 0 Å². The van der Waals surface area contributed by atoms with Crippen LogP contribution < -0.4 is 0 Å². The van der Waals surface area contributed by atoms with Crippen molar-refractivity contribution in [1.82, 2.24) is 4.90 Å². The van der Waals surface area contributed by atoms with Crippen LogP contribution in [0.4, 0.5) is 0 Å². The number of rotatable bonds is 5. The molecule has 4 heteroatoms. The maximum Gasteiger partial charge on any atom is 0.328 e. The second kappa shape index (κ2) is 6.89. The van der Waals surface area contributed by atoms with Crippen LogP contribution in [0.1, 0.15) is 31.2 Å². The van der Waals surface area contributed by atoms with Crippen LogP contribution in [0.2, 0.25) is 0 Å². The van der Waals surface area contributed by atoms with E-state index >= 15 is 0 Å². The van der Waals surface area contributed by atoms with Crippen LogP contribution in [-0.4, -0.2) is 27.9 Å². The Labute approximate surface area is 118 Å². The first-order chi connectivity index (χ1) is 9.66. The molecule has 1 amide bonds. The number of aliphatic carboxylic acids is 1. The lowest BCUT2D eigenvalue weighted by Crippen LogP contribution is -2.37. The Kier molecular flexibility index (Phi) is 4.93. The van der Waals surface area contributed by atoms with Crippen molar-refractivity contribution in [1.29, 1.82) is 0 Å². The van der Waals surface area contributed by atoms with Gasteiger partial charge in [0.2, 0.25) is 5.91 Å². The van der Waals surface area contributed by atoms with E-state index in [2.05, 4.69) is 0 Å². The van der Waals surface area contributed by atoms with Crippen LogP contribution in [0.15, 0.2) is 42.5 Å². The maximum atomic E-state index is 12.2. The van der Waals surface area contributed by atoms with Crippen LogP contribution >= 0.6 is 0 Å². The zero-order valence-electron chi connectivity index (χ0n) is 11.4. The summed E-state index contributed by atoms with van der Waals surface area (Å²) < 4.78 is 0. The molecule has 1 fully saturated rings. The van der Waals surface area contributed by atoms with Gasteiger partial charge in [0, 0.05) is 24.7 Å². The minimum Gasteiger partial charge on any atom is -0.478 e.